The molecule has 204 valence electrons. The van der Waals surface area contributed by atoms with Gasteiger partial charge >= 0.3 is 0 Å². The molecule has 2 heterocycles. The number of Topliss-reactive ketones (excluding diaryl/α,β-unsaturated/α-hetero) is 6. The van der Waals surface area contributed by atoms with Crippen LogP contribution in [0.3, 0.4) is 0 Å². The van der Waals surface area contributed by atoms with Crippen LogP contribution < -0.4 is 0 Å². The molecule has 0 spiro atoms. The zero-order chi connectivity index (χ0) is 29.5. The lowest BCUT2D eigenvalue weighted by Crippen LogP contribution is -2.27. The number of ketones is 7. The molecule has 0 aliphatic heterocycles. The molecule has 0 bridgehead atoms. The van der Waals surface area contributed by atoms with E-state index in [2.05, 4.69) is 9.97 Å². The van der Waals surface area contributed by atoms with Gasteiger partial charge in [-0.1, -0.05) is 24.3 Å². The fraction of sp³-hybridized carbons (Fsp3) is 0.121. The molecule has 0 saturated carbocycles. The molecule has 2 aromatic heterocycles. The fourth-order valence-corrected chi connectivity index (χ4v) is 5.43. The molecule has 0 fully saturated rings. The summed E-state index contributed by atoms with van der Waals surface area (Å²) in [6, 6.07) is 14.6. The first-order valence-corrected chi connectivity index (χ1v) is 13.1. The van der Waals surface area contributed by atoms with E-state index >= 15 is 0 Å². The highest BCUT2D eigenvalue weighted by molar-refractivity contribution is 6.37. The van der Waals surface area contributed by atoms with Crippen molar-refractivity contribution in [1.29, 1.82) is 0 Å². The molecule has 2 aromatic carbocycles. The number of carbonyl (C=O) groups excluding carboxylic acids is 7. The molecular formula is C33H20N2O7. The molecular weight excluding hydrogens is 536 g/mol. The van der Waals surface area contributed by atoms with E-state index in [0.717, 1.165) is 0 Å². The quantitative estimate of drug-likeness (QED) is 0.236. The normalized spacial score (nSPS) is 17.2. The van der Waals surface area contributed by atoms with Gasteiger partial charge in [-0.25, -0.2) is 0 Å². The molecule has 9 heteroatoms. The summed E-state index contributed by atoms with van der Waals surface area (Å²) >= 11 is 0. The Kier molecular flexibility index (Phi) is 6.62. The predicted octanol–water partition coefficient (Wildman–Crippen LogP) is 3.32. The Morgan fingerprint density at radius 1 is 0.548 bits per heavy atom. The number of pyridine rings is 2. The van der Waals surface area contributed by atoms with Gasteiger partial charge < -0.3 is 0 Å². The molecule has 2 aliphatic carbocycles. The van der Waals surface area contributed by atoms with Crippen LogP contribution in [0.2, 0.25) is 0 Å². The summed E-state index contributed by atoms with van der Waals surface area (Å²) in [7, 11) is 0. The van der Waals surface area contributed by atoms with Gasteiger partial charge in [0.05, 0.1) is 0 Å². The summed E-state index contributed by atoms with van der Waals surface area (Å²) in [6.45, 7) is 0. The predicted molar refractivity (Wildman–Crippen MR) is 147 cm³/mol. The van der Waals surface area contributed by atoms with Crippen LogP contribution in [-0.2, 0) is 22.4 Å². The minimum absolute atomic E-state index is 0.0242. The van der Waals surface area contributed by atoms with Crippen LogP contribution in [0.25, 0.3) is 0 Å². The van der Waals surface area contributed by atoms with Crippen molar-refractivity contribution in [3.63, 3.8) is 0 Å². The van der Waals surface area contributed by atoms with E-state index in [-0.39, 0.29) is 46.2 Å². The summed E-state index contributed by atoms with van der Waals surface area (Å²) in [6.07, 6.45) is 5.79. The third-order valence-corrected chi connectivity index (χ3v) is 7.52. The van der Waals surface area contributed by atoms with Crippen LogP contribution >= 0.6 is 0 Å². The van der Waals surface area contributed by atoms with E-state index < -0.39 is 52.3 Å². The summed E-state index contributed by atoms with van der Waals surface area (Å²) in [5.41, 5.74) is 1.35. The van der Waals surface area contributed by atoms with E-state index in [1.807, 2.05) is 0 Å². The first-order chi connectivity index (χ1) is 20.2. The molecule has 0 N–H and O–H groups in total. The third-order valence-electron chi connectivity index (χ3n) is 7.52. The van der Waals surface area contributed by atoms with Gasteiger partial charge in [-0.3, -0.25) is 43.5 Å². The van der Waals surface area contributed by atoms with Crippen molar-refractivity contribution in [2.45, 2.75) is 12.8 Å². The van der Waals surface area contributed by atoms with Crippen LogP contribution in [0.1, 0.15) is 68.5 Å². The Bertz CT molecular complexity index is 1730. The van der Waals surface area contributed by atoms with Crippen LogP contribution in [0.5, 0.6) is 0 Å². The molecule has 2 aliphatic rings. The van der Waals surface area contributed by atoms with Gasteiger partial charge in [0.2, 0.25) is 0 Å². The molecule has 0 amide bonds. The Balaban J connectivity index is 1.23. The Hall–Kier alpha value is -5.57. The summed E-state index contributed by atoms with van der Waals surface area (Å²) in [5.74, 6) is -7.25. The Morgan fingerprint density at radius 2 is 0.952 bits per heavy atom. The zero-order valence-corrected chi connectivity index (χ0v) is 21.9. The number of hydrogen-bond donors (Lipinski definition) is 0. The fourth-order valence-electron chi connectivity index (χ4n) is 5.43. The molecule has 6 rings (SSSR count). The van der Waals surface area contributed by atoms with Crippen molar-refractivity contribution in [3.05, 3.63) is 130 Å². The molecule has 42 heavy (non-hydrogen) atoms. The van der Waals surface area contributed by atoms with Crippen molar-refractivity contribution < 1.29 is 33.6 Å². The lowest BCUT2D eigenvalue weighted by molar-refractivity contribution is -0.120. The SMILES string of the molecule is O=C(c1ccc2c(c1)C(=O)C(C(=O)Cc1cccnc1)C2=O)c1ccc2c(c1)C(=O)C(C(=O)Cc1cccnc1)C2=O. The van der Waals surface area contributed by atoms with Gasteiger partial charge in [0.25, 0.3) is 0 Å². The Morgan fingerprint density at radius 3 is 1.33 bits per heavy atom. The van der Waals surface area contributed by atoms with Crippen molar-refractivity contribution >= 4 is 40.5 Å². The maximum absolute atomic E-state index is 13.4. The second-order valence-corrected chi connectivity index (χ2v) is 10.2. The standard InChI is InChI=1S/C33H20N2O7/c36-25(11-17-3-1-9-34-15-17)27-30(39)21-7-5-19(13-23(21)32(27)41)29(38)20-6-8-22-24(14-20)33(42)28(31(22)40)26(37)12-18-4-2-10-35-16-18/h1-10,13-16,27-28H,11-12H2. The first kappa shape index (κ1) is 26.6. The smallest absolute Gasteiger partial charge is 0.193 e. The molecule has 0 radical (unpaired) electrons. The highest BCUT2D eigenvalue weighted by Gasteiger charge is 2.44. The van der Waals surface area contributed by atoms with Crippen molar-refractivity contribution in [3.8, 4) is 0 Å². The third kappa shape index (κ3) is 4.50. The van der Waals surface area contributed by atoms with Gasteiger partial charge in [-0.2, -0.15) is 0 Å². The summed E-state index contributed by atoms with van der Waals surface area (Å²) < 4.78 is 0. The van der Waals surface area contributed by atoms with Crippen molar-refractivity contribution in [1.82, 2.24) is 9.97 Å². The van der Waals surface area contributed by atoms with E-state index in [0.29, 0.717) is 11.1 Å². The number of fused-ring (bicyclic) bond motifs is 2. The van der Waals surface area contributed by atoms with Gasteiger partial charge in [0.1, 0.15) is 11.8 Å². The van der Waals surface area contributed by atoms with Crippen molar-refractivity contribution in [2.24, 2.45) is 11.8 Å². The van der Waals surface area contributed by atoms with Crippen LogP contribution in [-0.4, -0.2) is 50.5 Å². The monoisotopic (exact) mass is 556 g/mol. The van der Waals surface area contributed by atoms with E-state index in [4.69, 9.17) is 0 Å². The minimum atomic E-state index is -1.49. The largest absolute Gasteiger partial charge is 0.298 e. The summed E-state index contributed by atoms with van der Waals surface area (Å²) in [5, 5.41) is 0. The van der Waals surface area contributed by atoms with Crippen LogP contribution in [0, 0.1) is 11.8 Å². The molecule has 2 unspecified atom stereocenters. The van der Waals surface area contributed by atoms with Crippen LogP contribution in [0.4, 0.5) is 0 Å². The maximum atomic E-state index is 13.4. The zero-order valence-electron chi connectivity index (χ0n) is 21.9. The number of carbonyl (C=O) groups is 7. The van der Waals surface area contributed by atoms with Gasteiger partial charge in [0.15, 0.2) is 40.5 Å². The summed E-state index contributed by atoms with van der Waals surface area (Å²) in [4.78, 5) is 99.2. The lowest BCUT2D eigenvalue weighted by atomic mass is 9.94. The van der Waals surface area contributed by atoms with Crippen molar-refractivity contribution in [2.75, 3.05) is 0 Å². The van der Waals surface area contributed by atoms with Gasteiger partial charge in [0, 0.05) is 71.0 Å². The van der Waals surface area contributed by atoms with E-state index in [9.17, 15) is 33.6 Å². The number of hydrogen-bond acceptors (Lipinski definition) is 9. The molecule has 2 atom stereocenters. The minimum Gasteiger partial charge on any atom is -0.298 e. The highest BCUT2D eigenvalue weighted by atomic mass is 16.2. The number of nitrogens with zero attached hydrogens (tertiary/aromatic N) is 2. The lowest BCUT2D eigenvalue weighted by Gasteiger charge is -2.06. The molecule has 0 saturated heterocycles. The number of rotatable bonds is 8. The maximum Gasteiger partial charge on any atom is 0.193 e. The Labute approximate surface area is 238 Å². The molecule has 9 nitrogen and oxygen atoms in total. The topological polar surface area (TPSA) is 145 Å². The van der Waals surface area contributed by atoms with Gasteiger partial charge in [-0.05, 0) is 47.5 Å². The molecule has 4 aromatic rings. The first-order valence-electron chi connectivity index (χ1n) is 13.1. The van der Waals surface area contributed by atoms with Crippen LogP contribution in [0.15, 0.2) is 85.5 Å². The van der Waals surface area contributed by atoms with E-state index in [1.165, 1.54) is 48.8 Å². The second kappa shape index (κ2) is 10.4. The van der Waals surface area contributed by atoms with Gasteiger partial charge in [-0.15, -0.1) is 0 Å². The second-order valence-electron chi connectivity index (χ2n) is 10.2. The number of aromatic nitrogens is 2. The average molecular weight is 557 g/mol. The number of benzene rings is 2. The average Bonchev–Trinajstić information content (AvgIpc) is 3.41. The highest BCUT2D eigenvalue weighted by Crippen LogP contribution is 2.32. The van der Waals surface area contributed by atoms with E-state index in [1.54, 1.807) is 36.7 Å².